The van der Waals surface area contributed by atoms with Crippen LogP contribution in [0, 0.1) is 6.92 Å². The Morgan fingerprint density at radius 1 is 0.915 bits per heavy atom. The van der Waals surface area contributed by atoms with E-state index in [0.717, 1.165) is 28.3 Å². The molecule has 11 heteroatoms. The topological polar surface area (TPSA) is 96.0 Å². The predicted molar refractivity (Wildman–Crippen MR) is 188 cm³/mol. The highest BCUT2D eigenvalue weighted by molar-refractivity contribution is 7.92. The highest BCUT2D eigenvalue weighted by Crippen LogP contribution is 2.28. The quantitative estimate of drug-likeness (QED) is 0.134. The van der Waals surface area contributed by atoms with Gasteiger partial charge >= 0.3 is 0 Å². The second-order valence-electron chi connectivity index (χ2n) is 11.1. The van der Waals surface area contributed by atoms with Crippen LogP contribution >= 0.6 is 23.2 Å². The van der Waals surface area contributed by atoms with E-state index in [1.54, 1.807) is 54.6 Å². The van der Waals surface area contributed by atoms with Crippen molar-refractivity contribution < 1.29 is 22.7 Å². The fourth-order valence-corrected chi connectivity index (χ4v) is 6.89. The van der Waals surface area contributed by atoms with E-state index >= 15 is 0 Å². The monoisotopic (exact) mass is 695 g/mol. The largest absolute Gasteiger partial charge is 0.497 e. The standard InChI is InChI=1S/C36H39Cl2N3O5S/c1-4-5-21-39-36(43)34(22-27-9-7-6-8-10-27)40(24-28-13-14-29(37)23-33(28)38)35(42)25-41(30-15-17-31(46-3)18-16-30)47(44,45)32-19-11-26(2)12-20-32/h6-20,23,34H,4-5,21-22,24-25H2,1-3H3,(H,39,43). The lowest BCUT2D eigenvalue weighted by Gasteiger charge is -2.34. The summed E-state index contributed by atoms with van der Waals surface area (Å²) in [7, 11) is -2.72. The highest BCUT2D eigenvalue weighted by Gasteiger charge is 2.35. The van der Waals surface area contributed by atoms with Crippen LogP contribution in [0.3, 0.4) is 0 Å². The number of rotatable bonds is 15. The summed E-state index contributed by atoms with van der Waals surface area (Å²) in [6, 6.07) is 26.2. The number of hydrogen-bond donors (Lipinski definition) is 1. The molecule has 0 saturated carbocycles. The lowest BCUT2D eigenvalue weighted by Crippen LogP contribution is -2.53. The second-order valence-corrected chi connectivity index (χ2v) is 13.8. The zero-order valence-corrected chi connectivity index (χ0v) is 29.0. The smallest absolute Gasteiger partial charge is 0.264 e. The maximum Gasteiger partial charge on any atom is 0.264 e. The number of methoxy groups -OCH3 is 1. The van der Waals surface area contributed by atoms with Gasteiger partial charge in [-0.1, -0.05) is 90.6 Å². The number of amides is 2. The molecule has 0 bridgehead atoms. The van der Waals surface area contributed by atoms with Gasteiger partial charge in [-0.3, -0.25) is 13.9 Å². The SMILES string of the molecule is CCCCNC(=O)C(Cc1ccccc1)N(Cc1ccc(Cl)cc1Cl)C(=O)CN(c1ccc(OC)cc1)S(=O)(=O)c1ccc(C)cc1. The third-order valence-electron chi connectivity index (χ3n) is 7.70. The average Bonchev–Trinajstić information content (AvgIpc) is 3.06. The van der Waals surface area contributed by atoms with Gasteiger partial charge in [-0.25, -0.2) is 8.42 Å². The van der Waals surface area contributed by atoms with Crippen LogP contribution < -0.4 is 14.4 Å². The number of ether oxygens (including phenoxy) is 1. The van der Waals surface area contributed by atoms with E-state index in [1.165, 1.54) is 24.1 Å². The van der Waals surface area contributed by atoms with Crippen LogP contribution in [0.5, 0.6) is 5.75 Å². The number of benzene rings is 4. The molecule has 248 valence electrons. The number of unbranched alkanes of at least 4 members (excludes halogenated alkanes) is 1. The number of anilines is 1. The molecule has 4 rings (SSSR count). The first-order chi connectivity index (χ1) is 22.5. The first-order valence-electron chi connectivity index (χ1n) is 15.3. The van der Waals surface area contributed by atoms with Gasteiger partial charge in [0.2, 0.25) is 11.8 Å². The zero-order valence-electron chi connectivity index (χ0n) is 26.7. The molecular formula is C36H39Cl2N3O5S. The third-order valence-corrected chi connectivity index (χ3v) is 10.1. The van der Waals surface area contributed by atoms with Gasteiger partial charge in [0.05, 0.1) is 17.7 Å². The molecule has 0 aliphatic heterocycles. The molecule has 4 aromatic rings. The maximum atomic E-state index is 14.6. The summed E-state index contributed by atoms with van der Waals surface area (Å²) in [5.41, 5.74) is 2.54. The van der Waals surface area contributed by atoms with Crippen LogP contribution in [0.4, 0.5) is 5.69 Å². The average molecular weight is 697 g/mol. The van der Waals surface area contributed by atoms with Crippen molar-refractivity contribution in [1.29, 1.82) is 0 Å². The second kappa shape index (κ2) is 16.7. The van der Waals surface area contributed by atoms with Gasteiger partial charge in [0.15, 0.2) is 0 Å². The number of carbonyl (C=O) groups excluding carboxylic acids is 2. The summed E-state index contributed by atoms with van der Waals surface area (Å²) >= 11 is 12.8. The van der Waals surface area contributed by atoms with E-state index in [-0.39, 0.29) is 29.5 Å². The van der Waals surface area contributed by atoms with Crippen molar-refractivity contribution in [1.82, 2.24) is 10.2 Å². The van der Waals surface area contributed by atoms with E-state index in [0.29, 0.717) is 27.9 Å². The van der Waals surface area contributed by atoms with Crippen molar-refractivity contribution in [2.75, 3.05) is 24.5 Å². The van der Waals surface area contributed by atoms with Gasteiger partial charge in [0.25, 0.3) is 10.0 Å². The third kappa shape index (κ3) is 9.50. The molecular weight excluding hydrogens is 657 g/mol. The normalized spacial score (nSPS) is 11.9. The van der Waals surface area contributed by atoms with E-state index < -0.39 is 28.5 Å². The molecule has 0 heterocycles. The molecule has 0 aliphatic carbocycles. The predicted octanol–water partition coefficient (Wildman–Crippen LogP) is 7.06. The van der Waals surface area contributed by atoms with Gasteiger partial charge in [-0.2, -0.15) is 0 Å². The summed E-state index contributed by atoms with van der Waals surface area (Å²) in [6.45, 7) is 3.67. The number of aryl methyl sites for hydroxylation is 1. The Morgan fingerprint density at radius 3 is 2.21 bits per heavy atom. The van der Waals surface area contributed by atoms with Gasteiger partial charge in [-0.05, 0) is 73.0 Å². The Bertz CT molecular complexity index is 1750. The molecule has 1 atom stereocenters. The number of hydrogen-bond acceptors (Lipinski definition) is 5. The van der Waals surface area contributed by atoms with Crippen LogP contribution in [0.15, 0.2) is 102 Å². The van der Waals surface area contributed by atoms with E-state index in [9.17, 15) is 18.0 Å². The Hall–Kier alpha value is -4.05. The van der Waals surface area contributed by atoms with Crippen molar-refractivity contribution in [2.24, 2.45) is 0 Å². The number of carbonyl (C=O) groups is 2. The zero-order chi connectivity index (χ0) is 34.0. The van der Waals surface area contributed by atoms with Crippen molar-refractivity contribution in [3.8, 4) is 5.75 Å². The molecule has 8 nitrogen and oxygen atoms in total. The molecule has 0 aromatic heterocycles. The van der Waals surface area contributed by atoms with Crippen LogP contribution in [0.2, 0.25) is 10.0 Å². The Labute approximate surface area is 287 Å². The molecule has 4 aromatic carbocycles. The lowest BCUT2D eigenvalue weighted by atomic mass is 10.0. The summed E-state index contributed by atoms with van der Waals surface area (Å²) < 4.78 is 34.7. The summed E-state index contributed by atoms with van der Waals surface area (Å²) in [4.78, 5) is 29.9. The number of nitrogens with zero attached hydrogens (tertiary/aromatic N) is 2. The minimum atomic E-state index is -4.23. The van der Waals surface area contributed by atoms with Crippen molar-refractivity contribution in [3.05, 3.63) is 124 Å². The van der Waals surface area contributed by atoms with Crippen LogP contribution in [-0.4, -0.2) is 51.4 Å². The number of nitrogens with one attached hydrogen (secondary N) is 1. The fourth-order valence-electron chi connectivity index (χ4n) is 5.01. The van der Waals surface area contributed by atoms with Crippen LogP contribution in [0.1, 0.15) is 36.5 Å². The molecule has 2 amide bonds. The van der Waals surface area contributed by atoms with Crippen LogP contribution in [-0.2, 0) is 32.6 Å². The molecule has 1 N–H and O–H groups in total. The van der Waals surface area contributed by atoms with Crippen molar-refractivity contribution in [2.45, 2.75) is 50.6 Å². The maximum absolute atomic E-state index is 14.6. The van der Waals surface area contributed by atoms with Gasteiger partial charge in [-0.15, -0.1) is 0 Å². The van der Waals surface area contributed by atoms with Gasteiger partial charge < -0.3 is 15.0 Å². The first kappa shape index (κ1) is 35.8. The van der Waals surface area contributed by atoms with E-state index in [4.69, 9.17) is 27.9 Å². The van der Waals surface area contributed by atoms with E-state index in [2.05, 4.69) is 5.32 Å². The number of sulfonamides is 1. The lowest BCUT2D eigenvalue weighted by molar-refractivity contribution is -0.140. The minimum Gasteiger partial charge on any atom is -0.497 e. The Morgan fingerprint density at radius 2 is 1.60 bits per heavy atom. The molecule has 0 fully saturated rings. The molecule has 1 unspecified atom stereocenters. The number of halogens is 2. The van der Waals surface area contributed by atoms with Crippen LogP contribution in [0.25, 0.3) is 0 Å². The molecule has 0 radical (unpaired) electrons. The van der Waals surface area contributed by atoms with Crippen molar-refractivity contribution >= 4 is 50.7 Å². The van der Waals surface area contributed by atoms with Gasteiger partial charge in [0.1, 0.15) is 18.3 Å². The van der Waals surface area contributed by atoms with Gasteiger partial charge in [0, 0.05) is 29.6 Å². The van der Waals surface area contributed by atoms with E-state index in [1.807, 2.05) is 44.2 Å². The summed E-state index contributed by atoms with van der Waals surface area (Å²) in [6.07, 6.45) is 1.84. The molecule has 0 spiro atoms. The Kier molecular flexibility index (Phi) is 12.7. The molecule has 0 aliphatic rings. The summed E-state index contributed by atoms with van der Waals surface area (Å²) in [5.74, 6) is -0.411. The molecule has 0 saturated heterocycles. The fraction of sp³-hybridized carbons (Fsp3) is 0.278. The highest BCUT2D eigenvalue weighted by atomic mass is 35.5. The van der Waals surface area contributed by atoms with Crippen molar-refractivity contribution in [3.63, 3.8) is 0 Å². The summed E-state index contributed by atoms with van der Waals surface area (Å²) in [5, 5.41) is 3.72. The molecule has 47 heavy (non-hydrogen) atoms. The first-order valence-corrected chi connectivity index (χ1v) is 17.5. The minimum absolute atomic E-state index is 0.0251. The Balaban J connectivity index is 1.81.